The molecule has 4 N–H and O–H groups in total. The predicted octanol–water partition coefficient (Wildman–Crippen LogP) is -2.14. The van der Waals surface area contributed by atoms with Crippen molar-refractivity contribution in [3.63, 3.8) is 0 Å². The third-order valence-electron chi connectivity index (χ3n) is 2.29. The predicted molar refractivity (Wildman–Crippen MR) is 51.9 cm³/mol. The van der Waals surface area contributed by atoms with Gasteiger partial charge in [-0.25, -0.2) is 4.18 Å². The zero-order valence-corrected chi connectivity index (χ0v) is 9.42. The van der Waals surface area contributed by atoms with Crippen LogP contribution in [0.1, 0.15) is 6.42 Å². The van der Waals surface area contributed by atoms with Crippen molar-refractivity contribution in [1.29, 1.82) is 0 Å². The summed E-state index contributed by atoms with van der Waals surface area (Å²) in [6.45, 7) is -0.455. The van der Waals surface area contributed by atoms with E-state index in [1.54, 1.807) is 7.05 Å². The van der Waals surface area contributed by atoms with Gasteiger partial charge in [0.15, 0.2) is 6.29 Å². The van der Waals surface area contributed by atoms with Crippen molar-refractivity contribution < 1.29 is 32.1 Å². The number of ether oxygens (including phenoxy) is 1. The molecule has 1 aliphatic heterocycles. The van der Waals surface area contributed by atoms with Crippen LogP contribution in [0.4, 0.5) is 0 Å². The quantitative estimate of drug-likeness (QED) is 0.420. The van der Waals surface area contributed by atoms with Crippen LogP contribution in [-0.2, 0) is 19.3 Å². The van der Waals surface area contributed by atoms with Crippen LogP contribution in [0.2, 0.25) is 0 Å². The van der Waals surface area contributed by atoms with Crippen molar-refractivity contribution in [2.75, 3.05) is 13.7 Å². The van der Waals surface area contributed by atoms with Crippen LogP contribution in [0, 0.1) is 0 Å². The Hall–Kier alpha value is -0.290. The van der Waals surface area contributed by atoms with Crippen molar-refractivity contribution in [1.82, 2.24) is 5.32 Å². The molecule has 0 radical (unpaired) electrons. The normalized spacial score (nSPS) is 36.2. The van der Waals surface area contributed by atoms with Gasteiger partial charge in [0, 0.05) is 6.42 Å². The highest BCUT2D eigenvalue weighted by Crippen LogP contribution is 2.19. The lowest BCUT2D eigenvalue weighted by molar-refractivity contribution is -0.211. The summed E-state index contributed by atoms with van der Waals surface area (Å²) in [5.74, 6) is 0. The average Bonchev–Trinajstić information content (AvgIpc) is 2.13. The van der Waals surface area contributed by atoms with Gasteiger partial charge in [-0.15, -0.1) is 0 Å². The van der Waals surface area contributed by atoms with Crippen molar-refractivity contribution >= 4 is 10.4 Å². The fourth-order valence-electron chi connectivity index (χ4n) is 1.55. The summed E-state index contributed by atoms with van der Waals surface area (Å²) in [5, 5.41) is 21.7. The average molecular weight is 257 g/mol. The highest BCUT2D eigenvalue weighted by molar-refractivity contribution is 7.80. The molecule has 3 unspecified atom stereocenters. The Bertz CT molecular complexity index is 307. The maximum absolute atomic E-state index is 10.3. The number of likely N-dealkylation sites (N-methyl/N-ethyl adjacent to an activating group) is 1. The van der Waals surface area contributed by atoms with Crippen LogP contribution in [0.25, 0.3) is 0 Å². The Morgan fingerprint density at radius 2 is 2.12 bits per heavy atom. The van der Waals surface area contributed by atoms with E-state index in [0.717, 1.165) is 0 Å². The number of aliphatic hydroxyl groups is 2. The Labute approximate surface area is 93.1 Å². The van der Waals surface area contributed by atoms with Gasteiger partial charge in [-0.1, -0.05) is 0 Å². The highest BCUT2D eigenvalue weighted by atomic mass is 32.3. The number of hydrogen-bond acceptors (Lipinski definition) is 7. The molecule has 1 saturated heterocycles. The maximum atomic E-state index is 10.3. The van der Waals surface area contributed by atoms with Gasteiger partial charge in [0.2, 0.25) is 0 Å². The molecule has 1 aliphatic rings. The van der Waals surface area contributed by atoms with Gasteiger partial charge in [0.25, 0.3) is 0 Å². The topological polar surface area (TPSA) is 125 Å². The van der Waals surface area contributed by atoms with E-state index in [1.165, 1.54) is 0 Å². The maximum Gasteiger partial charge on any atom is 0.397 e. The Kier molecular flexibility index (Phi) is 4.62. The molecule has 96 valence electrons. The largest absolute Gasteiger partial charge is 0.397 e. The summed E-state index contributed by atoms with van der Waals surface area (Å²) in [4.78, 5) is 0. The second-order valence-electron chi connectivity index (χ2n) is 3.48. The fraction of sp³-hybridized carbons (Fsp3) is 1.00. The fourth-order valence-corrected chi connectivity index (χ4v) is 1.87. The zero-order chi connectivity index (χ0) is 12.3. The van der Waals surface area contributed by atoms with E-state index in [0.29, 0.717) is 0 Å². The molecular formula is C7H15NO7S. The number of rotatable bonds is 4. The minimum Gasteiger partial charge on any atom is -0.391 e. The van der Waals surface area contributed by atoms with E-state index in [4.69, 9.17) is 9.29 Å². The first-order valence-corrected chi connectivity index (χ1v) is 6.00. The second-order valence-corrected chi connectivity index (χ2v) is 4.57. The van der Waals surface area contributed by atoms with Crippen molar-refractivity contribution in [2.45, 2.75) is 31.0 Å². The molecule has 16 heavy (non-hydrogen) atoms. The van der Waals surface area contributed by atoms with Crippen LogP contribution in [0.3, 0.4) is 0 Å². The third-order valence-corrected chi connectivity index (χ3v) is 2.73. The van der Waals surface area contributed by atoms with Crippen molar-refractivity contribution in [2.24, 2.45) is 0 Å². The van der Waals surface area contributed by atoms with E-state index in [9.17, 15) is 18.6 Å². The van der Waals surface area contributed by atoms with Gasteiger partial charge in [0.05, 0.1) is 24.9 Å². The first kappa shape index (κ1) is 13.8. The molecule has 1 rings (SSSR count). The molecule has 0 aliphatic carbocycles. The lowest BCUT2D eigenvalue weighted by Gasteiger charge is -2.36. The first-order chi connectivity index (χ1) is 7.33. The van der Waals surface area contributed by atoms with Crippen LogP contribution in [-0.4, -0.2) is 61.4 Å². The molecule has 1 heterocycles. The molecule has 8 nitrogen and oxygen atoms in total. The van der Waals surface area contributed by atoms with Crippen LogP contribution in [0.15, 0.2) is 0 Å². The summed E-state index contributed by atoms with van der Waals surface area (Å²) in [5.41, 5.74) is 0. The minimum absolute atomic E-state index is 0.0953. The smallest absolute Gasteiger partial charge is 0.391 e. The number of hydrogen-bond donors (Lipinski definition) is 4. The van der Waals surface area contributed by atoms with Crippen molar-refractivity contribution in [3.8, 4) is 0 Å². The first-order valence-electron chi connectivity index (χ1n) is 4.64. The molecule has 9 heteroatoms. The lowest BCUT2D eigenvalue weighted by atomic mass is 10.0. The van der Waals surface area contributed by atoms with Gasteiger partial charge in [-0.05, 0) is 7.05 Å². The Balaban J connectivity index is 2.48. The van der Waals surface area contributed by atoms with E-state index in [1.807, 2.05) is 0 Å². The molecule has 1 fully saturated rings. The van der Waals surface area contributed by atoms with E-state index in [2.05, 4.69) is 9.50 Å². The lowest BCUT2D eigenvalue weighted by Crippen LogP contribution is -2.55. The summed E-state index contributed by atoms with van der Waals surface area (Å²) < 4.78 is 38.0. The van der Waals surface area contributed by atoms with Crippen molar-refractivity contribution in [3.05, 3.63) is 0 Å². The number of aliphatic hydroxyl groups excluding tert-OH is 2. The second kappa shape index (κ2) is 5.36. The highest BCUT2D eigenvalue weighted by Gasteiger charge is 2.36. The molecule has 0 aromatic heterocycles. The molecule has 0 saturated carbocycles. The van der Waals surface area contributed by atoms with Crippen LogP contribution in [0.5, 0.6) is 0 Å². The SMILES string of the molecule is CNC1C(O)OC(COS(=O)(=O)O)C[C@H]1O. The van der Waals surface area contributed by atoms with Gasteiger partial charge in [-0.2, -0.15) is 8.42 Å². The summed E-state index contributed by atoms with van der Waals surface area (Å²) in [6, 6.07) is -0.637. The van der Waals surface area contributed by atoms with Crippen LogP contribution >= 0.6 is 0 Å². The van der Waals surface area contributed by atoms with Gasteiger partial charge < -0.3 is 20.3 Å². The molecule has 0 aromatic carbocycles. The standard InChI is InChI=1S/C7H15NO7S/c1-8-6-5(9)2-4(15-7(6)10)3-14-16(11,12)13/h4-10H,2-3H2,1H3,(H,11,12,13)/t4?,5-,6?,7?/m1/s1. The van der Waals surface area contributed by atoms with E-state index < -0.39 is 41.5 Å². The summed E-state index contributed by atoms with van der Waals surface area (Å²) >= 11 is 0. The van der Waals surface area contributed by atoms with Crippen LogP contribution < -0.4 is 5.32 Å². The Morgan fingerprint density at radius 3 is 2.56 bits per heavy atom. The molecule has 0 bridgehead atoms. The molecular weight excluding hydrogens is 242 g/mol. The molecule has 4 atom stereocenters. The zero-order valence-electron chi connectivity index (χ0n) is 8.61. The molecule has 0 aromatic rings. The number of nitrogens with one attached hydrogen (secondary N) is 1. The summed E-state index contributed by atoms with van der Waals surface area (Å²) in [7, 11) is -2.99. The van der Waals surface area contributed by atoms with Gasteiger partial charge in [0.1, 0.15) is 0 Å². The monoisotopic (exact) mass is 257 g/mol. The van der Waals surface area contributed by atoms with E-state index >= 15 is 0 Å². The third kappa shape index (κ3) is 3.94. The molecule has 0 spiro atoms. The van der Waals surface area contributed by atoms with Gasteiger partial charge >= 0.3 is 10.4 Å². The molecule has 0 amide bonds. The van der Waals surface area contributed by atoms with E-state index in [-0.39, 0.29) is 6.42 Å². The summed E-state index contributed by atoms with van der Waals surface area (Å²) in [6.07, 6.45) is -2.85. The Morgan fingerprint density at radius 1 is 1.50 bits per heavy atom. The minimum atomic E-state index is -4.54. The van der Waals surface area contributed by atoms with Gasteiger partial charge in [-0.3, -0.25) is 4.55 Å².